The van der Waals surface area contributed by atoms with Gasteiger partial charge < -0.3 is 0 Å². The molecule has 1 aliphatic carbocycles. The highest BCUT2D eigenvalue weighted by Gasteiger charge is 2.17. The van der Waals surface area contributed by atoms with Gasteiger partial charge in [0.15, 0.2) is 11.2 Å². The molecule has 2 heteroatoms. The third kappa shape index (κ3) is 1.05. The Balaban J connectivity index is 2.71. The molecule has 0 aliphatic heterocycles. The molecule has 1 aromatic carbocycles. The van der Waals surface area contributed by atoms with Gasteiger partial charge in [0.2, 0.25) is 0 Å². The van der Waals surface area contributed by atoms with Crippen LogP contribution in [0.25, 0.3) is 0 Å². The van der Waals surface area contributed by atoms with Crippen molar-refractivity contribution >= 4 is 5.78 Å². The van der Waals surface area contributed by atoms with Crippen LogP contribution in [-0.4, -0.2) is 5.78 Å². The fourth-order valence-electron chi connectivity index (χ4n) is 1.47. The standard InChI is InChI=1S/C10H8O2/c11-8-3-1-7-2-6-10(12)9(7)5-4-8/h1,3-5H,2,6H2. The third-order valence-electron chi connectivity index (χ3n) is 2.13. The zero-order valence-electron chi connectivity index (χ0n) is 6.54. The van der Waals surface area contributed by atoms with Crippen LogP contribution in [0.3, 0.4) is 0 Å². The van der Waals surface area contributed by atoms with E-state index in [1.807, 2.05) is 0 Å². The van der Waals surface area contributed by atoms with Gasteiger partial charge in [0.05, 0.1) is 0 Å². The van der Waals surface area contributed by atoms with Crippen molar-refractivity contribution in [2.24, 2.45) is 0 Å². The molecular formula is C10H8O2. The van der Waals surface area contributed by atoms with Crippen LogP contribution in [0.4, 0.5) is 0 Å². The summed E-state index contributed by atoms with van der Waals surface area (Å²) in [6.45, 7) is 0. The summed E-state index contributed by atoms with van der Waals surface area (Å²) in [6, 6.07) is 6.34. The summed E-state index contributed by atoms with van der Waals surface area (Å²) in [6.07, 6.45) is 1.37. The number of Topliss-reactive ketones (excluding diaryl/α,β-unsaturated/α-hetero) is 1. The van der Waals surface area contributed by atoms with Gasteiger partial charge in [0, 0.05) is 12.0 Å². The number of rotatable bonds is 0. The van der Waals surface area contributed by atoms with Crippen LogP contribution < -0.4 is 5.43 Å². The van der Waals surface area contributed by atoms with E-state index in [1.54, 1.807) is 12.1 Å². The summed E-state index contributed by atoms with van der Waals surface area (Å²) in [5.74, 6) is 0.153. The summed E-state index contributed by atoms with van der Waals surface area (Å²) in [5, 5.41) is 0. The van der Waals surface area contributed by atoms with E-state index in [4.69, 9.17) is 0 Å². The Bertz CT molecular complexity index is 393. The highest BCUT2D eigenvalue weighted by atomic mass is 16.1. The highest BCUT2D eigenvalue weighted by molar-refractivity contribution is 6.00. The predicted octanol–water partition coefficient (Wildman–Crippen LogP) is 1.18. The second-order valence-corrected chi connectivity index (χ2v) is 2.93. The molecule has 2 rings (SSSR count). The molecule has 0 heterocycles. The maximum absolute atomic E-state index is 11.2. The molecule has 0 saturated carbocycles. The summed E-state index contributed by atoms with van der Waals surface area (Å²) in [7, 11) is 0. The van der Waals surface area contributed by atoms with Crippen LogP contribution in [-0.2, 0) is 6.42 Å². The molecule has 0 atom stereocenters. The molecule has 0 unspecified atom stereocenters. The summed E-state index contributed by atoms with van der Waals surface area (Å²) < 4.78 is 0. The minimum Gasteiger partial charge on any atom is -0.294 e. The smallest absolute Gasteiger partial charge is 0.178 e. The van der Waals surface area contributed by atoms with Crippen LogP contribution >= 0.6 is 0 Å². The Morgan fingerprint density at radius 3 is 2.50 bits per heavy atom. The number of hydrogen-bond acceptors (Lipinski definition) is 2. The van der Waals surface area contributed by atoms with Crippen molar-refractivity contribution in [3.05, 3.63) is 45.6 Å². The quantitative estimate of drug-likeness (QED) is 0.571. The summed E-state index contributed by atoms with van der Waals surface area (Å²) >= 11 is 0. The summed E-state index contributed by atoms with van der Waals surface area (Å²) in [5.41, 5.74) is 1.68. The number of carbonyl (C=O) groups excluding carboxylic acids is 1. The average Bonchev–Trinajstić information content (AvgIpc) is 2.28. The minimum absolute atomic E-state index is 0.0443. The topological polar surface area (TPSA) is 34.1 Å². The zero-order valence-corrected chi connectivity index (χ0v) is 6.54. The zero-order chi connectivity index (χ0) is 8.55. The number of hydrogen-bond donors (Lipinski definition) is 0. The lowest BCUT2D eigenvalue weighted by Gasteiger charge is -1.85. The van der Waals surface area contributed by atoms with Crippen molar-refractivity contribution in [2.45, 2.75) is 12.8 Å². The lowest BCUT2D eigenvalue weighted by Crippen LogP contribution is -1.91. The van der Waals surface area contributed by atoms with Crippen molar-refractivity contribution in [1.82, 2.24) is 0 Å². The number of carbonyl (C=O) groups is 1. The van der Waals surface area contributed by atoms with E-state index in [0.29, 0.717) is 6.42 Å². The van der Waals surface area contributed by atoms with Gasteiger partial charge >= 0.3 is 0 Å². The second kappa shape index (κ2) is 2.55. The van der Waals surface area contributed by atoms with Crippen LogP contribution in [0, 0.1) is 0 Å². The second-order valence-electron chi connectivity index (χ2n) is 2.93. The maximum atomic E-state index is 11.2. The maximum Gasteiger partial charge on any atom is 0.178 e. The van der Waals surface area contributed by atoms with Gasteiger partial charge in [-0.25, -0.2) is 0 Å². The normalized spacial score (nSPS) is 14.5. The van der Waals surface area contributed by atoms with Gasteiger partial charge in [-0.05, 0) is 30.2 Å². The fraction of sp³-hybridized carbons (Fsp3) is 0.200. The molecule has 0 N–H and O–H groups in total. The van der Waals surface area contributed by atoms with Crippen LogP contribution in [0.15, 0.2) is 29.1 Å². The first-order valence-electron chi connectivity index (χ1n) is 3.94. The van der Waals surface area contributed by atoms with Crippen molar-refractivity contribution in [3.63, 3.8) is 0 Å². The Labute approximate surface area is 69.9 Å². The van der Waals surface area contributed by atoms with E-state index in [1.165, 1.54) is 12.1 Å². The molecule has 60 valence electrons. The Morgan fingerprint density at radius 2 is 1.67 bits per heavy atom. The largest absolute Gasteiger partial charge is 0.294 e. The first kappa shape index (κ1) is 7.22. The Kier molecular flexibility index (Phi) is 1.54. The van der Waals surface area contributed by atoms with Gasteiger partial charge in [-0.1, -0.05) is 6.07 Å². The van der Waals surface area contributed by atoms with E-state index in [2.05, 4.69) is 0 Å². The predicted molar refractivity (Wildman–Crippen MR) is 45.4 cm³/mol. The highest BCUT2D eigenvalue weighted by Crippen LogP contribution is 2.18. The van der Waals surface area contributed by atoms with Gasteiger partial charge in [-0.2, -0.15) is 0 Å². The molecule has 0 spiro atoms. The Hall–Kier alpha value is -1.44. The van der Waals surface area contributed by atoms with E-state index < -0.39 is 0 Å². The van der Waals surface area contributed by atoms with Crippen LogP contribution in [0.2, 0.25) is 0 Å². The molecule has 1 aromatic rings. The molecule has 12 heavy (non-hydrogen) atoms. The van der Waals surface area contributed by atoms with E-state index in [9.17, 15) is 9.59 Å². The Morgan fingerprint density at radius 1 is 0.917 bits per heavy atom. The SMILES string of the molecule is O=C1CCc2ccc(=O)ccc21. The third-order valence-corrected chi connectivity index (χ3v) is 2.13. The molecular weight excluding hydrogens is 152 g/mol. The van der Waals surface area contributed by atoms with Crippen molar-refractivity contribution < 1.29 is 4.79 Å². The average molecular weight is 160 g/mol. The lowest BCUT2D eigenvalue weighted by atomic mass is 10.2. The fourth-order valence-corrected chi connectivity index (χ4v) is 1.47. The van der Waals surface area contributed by atoms with E-state index in [0.717, 1.165) is 17.5 Å². The van der Waals surface area contributed by atoms with Gasteiger partial charge in [-0.15, -0.1) is 0 Å². The summed E-state index contributed by atoms with van der Waals surface area (Å²) in [4.78, 5) is 22.1. The molecule has 0 bridgehead atoms. The molecule has 0 radical (unpaired) electrons. The van der Waals surface area contributed by atoms with Crippen molar-refractivity contribution in [2.75, 3.05) is 0 Å². The van der Waals surface area contributed by atoms with Gasteiger partial charge in [0.25, 0.3) is 0 Å². The molecule has 1 aliphatic rings. The molecule has 0 aromatic heterocycles. The molecule has 0 saturated heterocycles. The van der Waals surface area contributed by atoms with Crippen LogP contribution in [0.1, 0.15) is 22.3 Å². The van der Waals surface area contributed by atoms with Gasteiger partial charge in [0.1, 0.15) is 0 Å². The number of fused-ring (bicyclic) bond motifs is 1. The van der Waals surface area contributed by atoms with Crippen LogP contribution in [0.5, 0.6) is 0 Å². The molecule has 0 fully saturated rings. The van der Waals surface area contributed by atoms with Gasteiger partial charge in [-0.3, -0.25) is 9.59 Å². The first-order valence-corrected chi connectivity index (χ1v) is 3.94. The molecule has 0 amide bonds. The first-order chi connectivity index (χ1) is 5.77. The minimum atomic E-state index is -0.0443. The van der Waals surface area contributed by atoms with E-state index >= 15 is 0 Å². The number of ketones is 1. The van der Waals surface area contributed by atoms with E-state index in [-0.39, 0.29) is 11.2 Å². The lowest BCUT2D eigenvalue weighted by molar-refractivity contribution is 0.0994. The molecule has 2 nitrogen and oxygen atoms in total. The number of aryl methyl sites for hydroxylation is 1. The van der Waals surface area contributed by atoms with Crippen molar-refractivity contribution in [3.8, 4) is 0 Å². The monoisotopic (exact) mass is 160 g/mol. The van der Waals surface area contributed by atoms with Crippen molar-refractivity contribution in [1.29, 1.82) is 0 Å².